The van der Waals surface area contributed by atoms with Gasteiger partial charge in [0.05, 0.1) is 6.54 Å². The van der Waals surface area contributed by atoms with Gasteiger partial charge in [0.15, 0.2) is 12.8 Å². The lowest BCUT2D eigenvalue weighted by molar-refractivity contribution is -0.403. The molecular formula is C30H40N3O2+. The number of nitrogens with zero attached hydrogens (tertiary/aromatic N) is 1. The molecular weight excluding hydrogens is 434 g/mol. The Morgan fingerprint density at radius 3 is 2.49 bits per heavy atom. The third-order valence-electron chi connectivity index (χ3n) is 5.02. The minimum atomic E-state index is 0.406. The lowest BCUT2D eigenvalue weighted by Gasteiger charge is -2.07. The molecule has 1 aliphatic rings. The summed E-state index contributed by atoms with van der Waals surface area (Å²) in [5.74, 6) is 0.406. The number of allylic oxidation sites excluding steroid dienone is 7. The molecule has 1 heterocycles. The first kappa shape index (κ1) is 29.5. The van der Waals surface area contributed by atoms with E-state index in [1.54, 1.807) is 6.08 Å². The maximum atomic E-state index is 11.3. The van der Waals surface area contributed by atoms with E-state index in [0.29, 0.717) is 12.4 Å². The van der Waals surface area contributed by atoms with Crippen LogP contribution in [-0.4, -0.2) is 37.2 Å². The molecule has 2 aromatic carbocycles. The van der Waals surface area contributed by atoms with E-state index in [2.05, 4.69) is 49.7 Å². The molecule has 0 spiro atoms. The van der Waals surface area contributed by atoms with Crippen LogP contribution in [-0.2, 0) is 22.7 Å². The monoisotopic (exact) mass is 474 g/mol. The number of aryl methyl sites for hydroxylation is 2. The summed E-state index contributed by atoms with van der Waals surface area (Å²) >= 11 is 0. The minimum absolute atomic E-state index is 0.406. The van der Waals surface area contributed by atoms with Gasteiger partial charge in [0.2, 0.25) is 12.0 Å². The highest BCUT2D eigenvalue weighted by Gasteiger charge is 2.34. The van der Waals surface area contributed by atoms with E-state index in [9.17, 15) is 4.79 Å². The Labute approximate surface area is 211 Å². The van der Waals surface area contributed by atoms with Crippen LogP contribution >= 0.6 is 0 Å². The van der Waals surface area contributed by atoms with E-state index in [-0.39, 0.29) is 0 Å². The van der Waals surface area contributed by atoms with Crippen molar-refractivity contribution in [2.45, 2.75) is 33.9 Å². The Hall–Kier alpha value is -3.54. The normalized spacial score (nSPS) is 13.2. The van der Waals surface area contributed by atoms with E-state index in [1.165, 1.54) is 23.7 Å². The van der Waals surface area contributed by atoms with Crippen molar-refractivity contribution in [3.05, 3.63) is 119 Å². The summed E-state index contributed by atoms with van der Waals surface area (Å²) < 4.78 is 7.70. The molecule has 3 N–H and O–H groups in total. The first-order valence-corrected chi connectivity index (χ1v) is 11.8. The molecule has 0 radical (unpaired) electrons. The fourth-order valence-electron chi connectivity index (χ4n) is 3.08. The van der Waals surface area contributed by atoms with E-state index in [4.69, 9.17) is 4.74 Å². The predicted molar refractivity (Wildman–Crippen MR) is 147 cm³/mol. The zero-order chi connectivity index (χ0) is 25.9. The number of hydrogen-bond acceptors (Lipinski definition) is 4. The minimum Gasteiger partial charge on any atom is -0.480 e. The Morgan fingerprint density at radius 2 is 1.83 bits per heavy atom. The quantitative estimate of drug-likeness (QED) is 0.120. The van der Waals surface area contributed by atoms with Gasteiger partial charge in [0.1, 0.15) is 6.61 Å². The Kier molecular flexibility index (Phi) is 15.1. The number of aldehydes is 1. The van der Waals surface area contributed by atoms with E-state index < -0.39 is 0 Å². The van der Waals surface area contributed by atoms with Gasteiger partial charge in [-0.25, -0.2) is 0 Å². The third-order valence-corrected chi connectivity index (χ3v) is 5.02. The number of carbonyl (C=O) groups is 1. The Balaban J connectivity index is 0.000000587. The molecule has 0 saturated heterocycles. The molecule has 0 unspecified atom stereocenters. The van der Waals surface area contributed by atoms with Crippen molar-refractivity contribution in [3.63, 3.8) is 0 Å². The van der Waals surface area contributed by atoms with Gasteiger partial charge in [-0.15, -0.1) is 0 Å². The van der Waals surface area contributed by atoms with Crippen LogP contribution in [0.1, 0.15) is 29.2 Å². The van der Waals surface area contributed by atoms with Crippen LogP contribution in [0.25, 0.3) is 0 Å². The zero-order valence-corrected chi connectivity index (χ0v) is 21.5. The van der Waals surface area contributed by atoms with Crippen molar-refractivity contribution in [3.8, 4) is 0 Å². The number of nitrogens with two attached hydrogens (primary N) is 1. The maximum Gasteiger partial charge on any atom is 0.315 e. The van der Waals surface area contributed by atoms with Crippen molar-refractivity contribution in [1.82, 2.24) is 5.32 Å². The molecule has 0 fully saturated rings. The number of nitrogens with one attached hydrogen (secondary N) is 1. The zero-order valence-electron chi connectivity index (χ0n) is 21.5. The van der Waals surface area contributed by atoms with Gasteiger partial charge >= 0.3 is 5.70 Å². The Morgan fingerprint density at radius 1 is 1.09 bits per heavy atom. The van der Waals surface area contributed by atoms with Crippen molar-refractivity contribution < 1.29 is 14.1 Å². The lowest BCUT2D eigenvalue weighted by atomic mass is 10.1. The number of hydrogen-bond donors (Lipinski definition) is 2. The molecule has 186 valence electrons. The molecule has 3 rings (SSSR count). The molecule has 5 nitrogen and oxygen atoms in total. The molecule has 0 saturated carbocycles. The van der Waals surface area contributed by atoms with Crippen molar-refractivity contribution in [2.75, 3.05) is 20.1 Å². The second-order valence-corrected chi connectivity index (χ2v) is 7.72. The summed E-state index contributed by atoms with van der Waals surface area (Å²) in [4.78, 5) is 11.3. The second-order valence-electron chi connectivity index (χ2n) is 7.72. The summed E-state index contributed by atoms with van der Waals surface area (Å²) in [5.41, 5.74) is 10.3. The molecule has 1 aliphatic heterocycles. The van der Waals surface area contributed by atoms with Crippen LogP contribution in [0.4, 0.5) is 0 Å². The van der Waals surface area contributed by atoms with Crippen molar-refractivity contribution >= 4 is 12.5 Å². The predicted octanol–water partition coefficient (Wildman–Crippen LogP) is 5.00. The van der Waals surface area contributed by atoms with E-state index in [0.717, 1.165) is 37.2 Å². The number of carbonyl (C=O) groups excluding carboxylic acids is 1. The smallest absolute Gasteiger partial charge is 0.315 e. The molecule has 0 amide bonds. The average molecular weight is 475 g/mol. The van der Waals surface area contributed by atoms with E-state index >= 15 is 0 Å². The summed E-state index contributed by atoms with van der Waals surface area (Å²) in [6.07, 6.45) is 12.3. The van der Waals surface area contributed by atoms with Gasteiger partial charge in [0, 0.05) is 6.54 Å². The highest BCUT2D eigenvalue weighted by Crippen LogP contribution is 2.16. The van der Waals surface area contributed by atoms with Gasteiger partial charge < -0.3 is 15.8 Å². The van der Waals surface area contributed by atoms with Crippen LogP contribution in [0.15, 0.2) is 96.9 Å². The number of rotatable bonds is 11. The standard InChI is InChI=1S/C22H25N2O2.C7H10.CH5N/c1-17-8-9-18(2)20(12-17)13-23-10-11-24-14-21(24)22(15-25)26-16-19-6-4-3-5-7-19;1-3-5-7-6-4-2;1-2/h3-9,12,14-15,23H,10-11,13,16H2,1-2H3;3-7H,1H2,2H3;2H2,1H3/q+1;;/b22-21-;6-4-,7-5-;. The van der Waals surface area contributed by atoms with Crippen LogP contribution in [0.2, 0.25) is 0 Å². The fourth-order valence-corrected chi connectivity index (χ4v) is 3.08. The fraction of sp³-hybridized carbons (Fsp3) is 0.267. The van der Waals surface area contributed by atoms with Crippen LogP contribution < -0.4 is 11.1 Å². The van der Waals surface area contributed by atoms with Crippen LogP contribution in [0.5, 0.6) is 0 Å². The lowest BCUT2D eigenvalue weighted by Crippen LogP contribution is -2.21. The summed E-state index contributed by atoms with van der Waals surface area (Å²) in [5, 5.41) is 3.46. The van der Waals surface area contributed by atoms with Gasteiger partial charge in [-0.05, 0) is 44.5 Å². The van der Waals surface area contributed by atoms with Gasteiger partial charge in [-0.3, -0.25) is 4.79 Å². The molecule has 2 aromatic rings. The maximum absolute atomic E-state index is 11.3. The molecule has 0 aromatic heterocycles. The summed E-state index contributed by atoms with van der Waals surface area (Å²) in [6.45, 7) is 12.7. The second kappa shape index (κ2) is 17.9. The van der Waals surface area contributed by atoms with Crippen LogP contribution in [0, 0.1) is 13.8 Å². The van der Waals surface area contributed by atoms with Gasteiger partial charge in [-0.2, -0.15) is 4.58 Å². The number of benzene rings is 2. The Bertz CT molecular complexity index is 1030. The average Bonchev–Trinajstić information content (AvgIpc) is 3.66. The largest absolute Gasteiger partial charge is 0.480 e. The molecule has 5 heteroatoms. The third kappa shape index (κ3) is 11.9. The molecule has 0 aliphatic carbocycles. The van der Waals surface area contributed by atoms with Crippen LogP contribution in [0.3, 0.4) is 0 Å². The topological polar surface area (TPSA) is 67.4 Å². The number of ether oxygens (including phenoxy) is 1. The van der Waals surface area contributed by atoms with Gasteiger partial charge in [0.25, 0.3) is 0 Å². The molecule has 0 atom stereocenters. The highest BCUT2D eigenvalue weighted by molar-refractivity contribution is 5.89. The molecule has 0 bridgehead atoms. The SMILES string of the molecule is C=C/C=C\C=C/C.CN.Cc1ccc(C)c(CNCC[N+]2=CC/2=C(\C=O)OCc2ccccc2)c1. The van der Waals surface area contributed by atoms with E-state index in [1.807, 2.05) is 72.3 Å². The summed E-state index contributed by atoms with van der Waals surface area (Å²) in [6, 6.07) is 16.4. The van der Waals surface area contributed by atoms with Crippen molar-refractivity contribution in [2.24, 2.45) is 5.73 Å². The summed E-state index contributed by atoms with van der Waals surface area (Å²) in [7, 11) is 1.50. The highest BCUT2D eigenvalue weighted by atomic mass is 16.5. The first-order chi connectivity index (χ1) is 17.1. The first-order valence-electron chi connectivity index (χ1n) is 11.8. The van der Waals surface area contributed by atoms with Gasteiger partial charge in [-0.1, -0.05) is 91.1 Å². The van der Waals surface area contributed by atoms with Crippen molar-refractivity contribution in [1.29, 1.82) is 0 Å². The molecule has 35 heavy (non-hydrogen) atoms.